The molecule has 2 aliphatic rings. The van der Waals surface area contributed by atoms with E-state index in [-0.39, 0.29) is 11.0 Å². The first-order chi connectivity index (χ1) is 10.8. The summed E-state index contributed by atoms with van der Waals surface area (Å²) in [6, 6.07) is 0. The third-order valence-corrected chi connectivity index (χ3v) is 6.37. The number of rotatable bonds is 5. The molecular formula is C20H32O3. The highest BCUT2D eigenvalue weighted by atomic mass is 16.4. The molecule has 23 heavy (non-hydrogen) atoms. The van der Waals surface area contributed by atoms with Crippen molar-refractivity contribution in [3.8, 4) is 0 Å². The quantitative estimate of drug-likeness (QED) is 0.730. The summed E-state index contributed by atoms with van der Waals surface area (Å²) in [4.78, 5) is 11.2. The molecular weight excluding hydrogens is 288 g/mol. The molecule has 0 heterocycles. The van der Waals surface area contributed by atoms with E-state index in [0.29, 0.717) is 24.2 Å². The molecule has 1 spiro atoms. The number of aliphatic hydroxyl groups is 1. The van der Waals surface area contributed by atoms with Gasteiger partial charge < -0.3 is 10.2 Å². The second-order valence-electron chi connectivity index (χ2n) is 8.04. The summed E-state index contributed by atoms with van der Waals surface area (Å²) in [7, 11) is 0. The average Bonchev–Trinajstić information content (AvgIpc) is 2.75. The lowest BCUT2D eigenvalue weighted by atomic mass is 9.60. The monoisotopic (exact) mass is 320 g/mol. The molecule has 3 nitrogen and oxygen atoms in total. The summed E-state index contributed by atoms with van der Waals surface area (Å²) < 4.78 is 0. The second kappa shape index (κ2) is 7.21. The Bertz CT molecular complexity index is 501. The van der Waals surface area contributed by atoms with Gasteiger partial charge in [0, 0.05) is 0 Å². The van der Waals surface area contributed by atoms with Crippen LogP contribution in [0.4, 0.5) is 0 Å². The van der Waals surface area contributed by atoms with E-state index >= 15 is 0 Å². The van der Waals surface area contributed by atoms with Crippen LogP contribution in [-0.4, -0.2) is 22.3 Å². The van der Waals surface area contributed by atoms with Crippen molar-refractivity contribution < 1.29 is 15.0 Å². The van der Waals surface area contributed by atoms with E-state index in [0.717, 1.165) is 12.8 Å². The fraction of sp³-hybridized carbons (Fsp3) is 0.750. The first-order valence-corrected chi connectivity index (χ1v) is 9.02. The van der Waals surface area contributed by atoms with E-state index in [2.05, 4.69) is 33.8 Å². The van der Waals surface area contributed by atoms with Crippen LogP contribution in [0, 0.1) is 23.2 Å². The molecule has 5 atom stereocenters. The summed E-state index contributed by atoms with van der Waals surface area (Å²) in [6.07, 6.45) is 9.41. The summed E-state index contributed by atoms with van der Waals surface area (Å²) in [6.45, 7) is 8.90. The molecule has 0 aromatic heterocycles. The van der Waals surface area contributed by atoms with Gasteiger partial charge >= 0.3 is 5.97 Å². The van der Waals surface area contributed by atoms with Crippen LogP contribution in [0.2, 0.25) is 0 Å². The van der Waals surface area contributed by atoms with Gasteiger partial charge in [0.15, 0.2) is 0 Å². The molecule has 0 unspecified atom stereocenters. The molecule has 2 aliphatic carbocycles. The number of allylic oxidation sites excluding steroid dienone is 3. The van der Waals surface area contributed by atoms with E-state index in [1.54, 1.807) is 6.08 Å². The van der Waals surface area contributed by atoms with Crippen LogP contribution in [0.5, 0.6) is 0 Å². The van der Waals surface area contributed by atoms with Crippen molar-refractivity contribution in [2.75, 3.05) is 0 Å². The number of hydrogen-bond acceptors (Lipinski definition) is 2. The Hall–Kier alpha value is -1.09. The van der Waals surface area contributed by atoms with Crippen molar-refractivity contribution in [2.24, 2.45) is 23.2 Å². The molecule has 1 fully saturated rings. The smallest absolute Gasteiger partial charge is 0.333 e. The van der Waals surface area contributed by atoms with Crippen molar-refractivity contribution in [1.82, 2.24) is 0 Å². The lowest BCUT2D eigenvalue weighted by Gasteiger charge is -2.45. The molecule has 0 amide bonds. The number of carbonyl (C=O) groups is 1. The predicted octanol–water partition coefficient (Wildman–Crippen LogP) is 4.57. The van der Waals surface area contributed by atoms with Crippen molar-refractivity contribution in [2.45, 2.75) is 72.3 Å². The predicted molar refractivity (Wildman–Crippen MR) is 93.1 cm³/mol. The van der Waals surface area contributed by atoms with Gasteiger partial charge in [0.1, 0.15) is 0 Å². The molecule has 2 N–H and O–H groups in total. The number of carboxylic acids is 1. The standard InChI is InChI=1S/C20H32O3/c1-13(2)6-5-7-14(3)17-9-8-15(4)20(17)11-10-16(19(22)23)18(21)12-20/h6,10,14-15,17-18,21H,5,7-9,11-12H2,1-4H3,(H,22,23)/t14-,15+,17-,18+,20+/m1/s1. The van der Waals surface area contributed by atoms with Crippen molar-refractivity contribution in [3.05, 3.63) is 23.3 Å². The van der Waals surface area contributed by atoms with Gasteiger partial charge in [0.05, 0.1) is 11.7 Å². The Morgan fingerprint density at radius 1 is 1.43 bits per heavy atom. The summed E-state index contributed by atoms with van der Waals surface area (Å²) in [5, 5.41) is 19.6. The number of hydrogen-bond donors (Lipinski definition) is 2. The zero-order valence-electron chi connectivity index (χ0n) is 15.0. The van der Waals surface area contributed by atoms with Crippen LogP contribution in [0.1, 0.15) is 66.2 Å². The maximum Gasteiger partial charge on any atom is 0.333 e. The molecule has 1 saturated carbocycles. The van der Waals surface area contributed by atoms with Gasteiger partial charge in [-0.3, -0.25) is 0 Å². The topological polar surface area (TPSA) is 57.5 Å². The Morgan fingerprint density at radius 2 is 2.13 bits per heavy atom. The van der Waals surface area contributed by atoms with Crippen LogP contribution < -0.4 is 0 Å². The van der Waals surface area contributed by atoms with Crippen molar-refractivity contribution in [3.63, 3.8) is 0 Å². The SMILES string of the molecule is CC(C)=CCC[C@@H](C)[C@H]1CC[C@H](C)[C@@]12CC=C(C(=O)O)[C@@H](O)C2. The first kappa shape index (κ1) is 18.3. The maximum atomic E-state index is 11.2. The fourth-order valence-electron chi connectivity index (χ4n) is 4.98. The third-order valence-electron chi connectivity index (χ3n) is 6.37. The van der Waals surface area contributed by atoms with E-state index in [9.17, 15) is 15.0 Å². The van der Waals surface area contributed by atoms with Crippen molar-refractivity contribution >= 4 is 5.97 Å². The Morgan fingerprint density at radius 3 is 2.70 bits per heavy atom. The molecule has 0 aromatic carbocycles. The van der Waals surface area contributed by atoms with E-state index in [4.69, 9.17) is 0 Å². The van der Waals surface area contributed by atoms with Crippen molar-refractivity contribution in [1.29, 1.82) is 0 Å². The summed E-state index contributed by atoms with van der Waals surface area (Å²) in [5.41, 5.74) is 1.66. The highest BCUT2D eigenvalue weighted by Crippen LogP contribution is 2.58. The highest BCUT2D eigenvalue weighted by Gasteiger charge is 2.51. The molecule has 2 rings (SSSR count). The minimum Gasteiger partial charge on any atom is -0.478 e. The van der Waals surface area contributed by atoms with Gasteiger partial charge in [0.2, 0.25) is 0 Å². The molecule has 0 aromatic rings. The van der Waals surface area contributed by atoms with Gasteiger partial charge in [-0.05, 0) is 75.5 Å². The second-order valence-corrected chi connectivity index (χ2v) is 8.04. The van der Waals surface area contributed by atoms with Gasteiger partial charge in [-0.15, -0.1) is 0 Å². The fourth-order valence-corrected chi connectivity index (χ4v) is 4.98. The summed E-state index contributed by atoms with van der Waals surface area (Å²) in [5.74, 6) is 0.789. The molecule has 130 valence electrons. The van der Waals surface area contributed by atoms with E-state index < -0.39 is 12.1 Å². The van der Waals surface area contributed by atoms with E-state index in [1.807, 2.05) is 0 Å². The van der Waals surface area contributed by atoms with Crippen LogP contribution in [0.3, 0.4) is 0 Å². The third kappa shape index (κ3) is 3.71. The lowest BCUT2D eigenvalue weighted by Crippen LogP contribution is -2.41. The van der Waals surface area contributed by atoms with E-state index in [1.165, 1.54) is 24.8 Å². The first-order valence-electron chi connectivity index (χ1n) is 9.02. The van der Waals surface area contributed by atoms with Crippen LogP contribution >= 0.6 is 0 Å². The largest absolute Gasteiger partial charge is 0.478 e. The highest BCUT2D eigenvalue weighted by molar-refractivity contribution is 5.87. The van der Waals surface area contributed by atoms with Gasteiger partial charge in [-0.25, -0.2) is 4.79 Å². The van der Waals surface area contributed by atoms with Gasteiger partial charge in [-0.2, -0.15) is 0 Å². The molecule has 0 bridgehead atoms. The van der Waals surface area contributed by atoms with Crippen LogP contribution in [0.25, 0.3) is 0 Å². The number of aliphatic carboxylic acids is 1. The van der Waals surface area contributed by atoms with Crippen LogP contribution in [0.15, 0.2) is 23.3 Å². The Labute approximate surface area is 140 Å². The maximum absolute atomic E-state index is 11.2. The molecule has 0 aliphatic heterocycles. The normalized spacial score (nSPS) is 35.0. The molecule has 0 saturated heterocycles. The summed E-state index contributed by atoms with van der Waals surface area (Å²) >= 11 is 0. The Balaban J connectivity index is 2.15. The van der Waals surface area contributed by atoms with Gasteiger partial charge in [0.25, 0.3) is 0 Å². The number of aliphatic hydroxyl groups excluding tert-OH is 1. The van der Waals surface area contributed by atoms with Crippen LogP contribution in [-0.2, 0) is 4.79 Å². The lowest BCUT2D eigenvalue weighted by molar-refractivity contribution is -0.134. The molecule has 0 radical (unpaired) electrons. The van der Waals surface area contributed by atoms with Gasteiger partial charge in [-0.1, -0.05) is 31.6 Å². The zero-order valence-corrected chi connectivity index (χ0v) is 15.0. The Kier molecular flexibility index (Phi) is 5.72. The number of carboxylic acid groups (broad SMARTS) is 1. The minimum atomic E-state index is -0.967. The minimum absolute atomic E-state index is 0.0861. The zero-order chi connectivity index (χ0) is 17.2. The average molecular weight is 320 g/mol. The molecule has 3 heteroatoms.